The fourth-order valence-corrected chi connectivity index (χ4v) is 4.38. The van der Waals surface area contributed by atoms with Gasteiger partial charge in [-0.3, -0.25) is 9.69 Å². The number of aryl methyl sites for hydroxylation is 1. The highest BCUT2D eigenvalue weighted by Gasteiger charge is 2.24. The number of nitrogens with one attached hydrogen (secondary N) is 1. The summed E-state index contributed by atoms with van der Waals surface area (Å²) in [6.45, 7) is 11.6. The van der Waals surface area contributed by atoms with Gasteiger partial charge in [-0.05, 0) is 42.2 Å². The van der Waals surface area contributed by atoms with Gasteiger partial charge in [0.15, 0.2) is 11.5 Å². The number of hydrogen-bond acceptors (Lipinski definition) is 5. The van der Waals surface area contributed by atoms with Crippen LogP contribution in [0.25, 0.3) is 0 Å². The Kier molecular flexibility index (Phi) is 6.66. The number of ether oxygens (including phenoxy) is 2. The molecule has 4 rings (SSSR count). The number of rotatable bonds is 6. The number of anilines is 1. The van der Waals surface area contributed by atoms with E-state index in [9.17, 15) is 4.79 Å². The van der Waals surface area contributed by atoms with Gasteiger partial charge >= 0.3 is 0 Å². The van der Waals surface area contributed by atoms with E-state index in [1.54, 1.807) is 0 Å². The Morgan fingerprint density at radius 2 is 1.71 bits per heavy atom. The van der Waals surface area contributed by atoms with E-state index in [4.69, 9.17) is 9.47 Å². The van der Waals surface area contributed by atoms with E-state index in [-0.39, 0.29) is 17.9 Å². The maximum atomic E-state index is 12.9. The summed E-state index contributed by atoms with van der Waals surface area (Å²) < 4.78 is 11.4. The summed E-state index contributed by atoms with van der Waals surface area (Å²) in [7, 11) is 0. The molecule has 0 aromatic heterocycles. The molecule has 1 amide bonds. The van der Waals surface area contributed by atoms with Crippen LogP contribution < -0.4 is 19.7 Å². The van der Waals surface area contributed by atoms with Gasteiger partial charge in [0.1, 0.15) is 13.2 Å². The Morgan fingerprint density at radius 3 is 2.42 bits per heavy atom. The largest absolute Gasteiger partial charge is 0.486 e. The van der Waals surface area contributed by atoms with Crippen molar-refractivity contribution >= 4 is 11.6 Å². The highest BCUT2D eigenvalue weighted by atomic mass is 16.6. The molecule has 1 N–H and O–H groups in total. The molecule has 0 aliphatic carbocycles. The zero-order chi connectivity index (χ0) is 21.8. The van der Waals surface area contributed by atoms with Crippen molar-refractivity contribution in [2.24, 2.45) is 5.92 Å². The summed E-state index contributed by atoms with van der Waals surface area (Å²) in [5.41, 5.74) is 3.65. The third-order valence-electron chi connectivity index (χ3n) is 6.10. The van der Waals surface area contributed by atoms with Gasteiger partial charge in [0.25, 0.3) is 0 Å². The number of piperazine rings is 1. The minimum atomic E-state index is -0.0587. The molecule has 1 saturated heterocycles. The highest BCUT2D eigenvalue weighted by Crippen LogP contribution is 2.34. The second kappa shape index (κ2) is 9.60. The normalized spacial score (nSPS) is 17.5. The molecule has 6 nitrogen and oxygen atoms in total. The fourth-order valence-electron chi connectivity index (χ4n) is 4.38. The van der Waals surface area contributed by atoms with Crippen molar-refractivity contribution in [3.05, 3.63) is 53.6 Å². The molecule has 0 saturated carbocycles. The summed E-state index contributed by atoms with van der Waals surface area (Å²) in [5.74, 6) is 1.87. The van der Waals surface area contributed by atoms with Gasteiger partial charge in [-0.25, -0.2) is 0 Å². The minimum Gasteiger partial charge on any atom is -0.486 e. The summed E-state index contributed by atoms with van der Waals surface area (Å²) in [4.78, 5) is 17.5. The number of carbonyl (C=O) groups is 1. The zero-order valence-corrected chi connectivity index (χ0v) is 18.8. The fraction of sp³-hybridized carbons (Fsp3) is 0.480. The van der Waals surface area contributed by atoms with Crippen molar-refractivity contribution in [2.75, 3.05) is 50.8 Å². The maximum absolute atomic E-state index is 12.9. The number of fused-ring (bicyclic) bond motifs is 1. The van der Waals surface area contributed by atoms with E-state index < -0.39 is 0 Å². The molecule has 6 heteroatoms. The number of carbonyl (C=O) groups excluding carboxylic acids is 1. The van der Waals surface area contributed by atoms with E-state index in [0.29, 0.717) is 19.8 Å². The van der Waals surface area contributed by atoms with Crippen LogP contribution in [0.1, 0.15) is 31.0 Å². The summed E-state index contributed by atoms with van der Waals surface area (Å²) in [5, 5.41) is 3.25. The van der Waals surface area contributed by atoms with Crippen LogP contribution in [0.3, 0.4) is 0 Å². The van der Waals surface area contributed by atoms with Crippen LogP contribution in [0.2, 0.25) is 0 Å². The van der Waals surface area contributed by atoms with E-state index in [1.807, 2.05) is 18.2 Å². The third kappa shape index (κ3) is 5.13. The average molecular weight is 424 g/mol. The molecule has 2 aromatic rings. The summed E-state index contributed by atoms with van der Waals surface area (Å²) in [6.07, 6.45) is 0. The van der Waals surface area contributed by atoms with E-state index in [2.05, 4.69) is 60.2 Å². The van der Waals surface area contributed by atoms with Gasteiger partial charge in [-0.15, -0.1) is 0 Å². The standard InChI is InChI=1S/C25H33N3O3/c1-18(2)25(20-8-9-22-23(16-20)31-15-14-30-22)26-24(29)17-27-10-12-28(13-11-27)21-7-5-4-6-19(21)3/h4-9,16,18,25H,10-15,17H2,1-3H3,(H,26,29)/t25-/m1/s1. The lowest BCUT2D eigenvalue weighted by atomic mass is 9.95. The first kappa shape index (κ1) is 21.5. The Morgan fingerprint density at radius 1 is 1.00 bits per heavy atom. The molecule has 2 aliphatic heterocycles. The van der Waals surface area contributed by atoms with Gasteiger partial charge < -0.3 is 19.7 Å². The Labute approximate surface area is 185 Å². The van der Waals surface area contributed by atoms with Crippen LogP contribution in [0.15, 0.2) is 42.5 Å². The monoisotopic (exact) mass is 423 g/mol. The first-order valence-corrected chi connectivity index (χ1v) is 11.2. The predicted molar refractivity (Wildman–Crippen MR) is 123 cm³/mol. The number of hydrogen-bond donors (Lipinski definition) is 1. The molecule has 2 aromatic carbocycles. The highest BCUT2D eigenvalue weighted by molar-refractivity contribution is 5.78. The van der Waals surface area contributed by atoms with Crippen LogP contribution in [-0.4, -0.2) is 56.7 Å². The second-order valence-corrected chi connectivity index (χ2v) is 8.74. The summed E-state index contributed by atoms with van der Waals surface area (Å²) in [6, 6.07) is 14.4. The lowest BCUT2D eigenvalue weighted by molar-refractivity contribution is -0.123. The molecule has 0 spiro atoms. The first-order valence-electron chi connectivity index (χ1n) is 11.2. The summed E-state index contributed by atoms with van der Waals surface area (Å²) >= 11 is 0. The van der Waals surface area contributed by atoms with Crippen molar-refractivity contribution in [3.63, 3.8) is 0 Å². The predicted octanol–water partition coefficient (Wildman–Crippen LogP) is 3.40. The Bertz CT molecular complexity index is 907. The molecule has 31 heavy (non-hydrogen) atoms. The minimum absolute atomic E-state index is 0.0587. The molecule has 166 valence electrons. The molecule has 2 aliphatic rings. The van der Waals surface area contributed by atoms with Gasteiger partial charge in [0.2, 0.25) is 5.91 Å². The zero-order valence-electron chi connectivity index (χ0n) is 18.8. The molecule has 0 radical (unpaired) electrons. The maximum Gasteiger partial charge on any atom is 0.234 e. The number of nitrogens with zero attached hydrogens (tertiary/aromatic N) is 2. The number of amides is 1. The van der Waals surface area contributed by atoms with Gasteiger partial charge in [-0.1, -0.05) is 38.1 Å². The van der Waals surface area contributed by atoms with Crippen LogP contribution in [-0.2, 0) is 4.79 Å². The lowest BCUT2D eigenvalue weighted by Crippen LogP contribution is -2.50. The van der Waals surface area contributed by atoms with Gasteiger partial charge in [-0.2, -0.15) is 0 Å². The average Bonchev–Trinajstić information content (AvgIpc) is 2.78. The topological polar surface area (TPSA) is 54.0 Å². The Hall–Kier alpha value is -2.73. The molecule has 0 bridgehead atoms. The van der Waals surface area contributed by atoms with Crippen molar-refractivity contribution in [1.29, 1.82) is 0 Å². The van der Waals surface area contributed by atoms with Crippen molar-refractivity contribution in [2.45, 2.75) is 26.8 Å². The Balaban J connectivity index is 1.33. The number of benzene rings is 2. The SMILES string of the molecule is Cc1ccccc1N1CCN(CC(=O)N[C@@H](c2ccc3c(c2)OCCO3)C(C)C)CC1. The van der Waals surface area contributed by atoms with Crippen molar-refractivity contribution in [1.82, 2.24) is 10.2 Å². The van der Waals surface area contributed by atoms with Gasteiger partial charge in [0, 0.05) is 31.9 Å². The van der Waals surface area contributed by atoms with Crippen LogP contribution >= 0.6 is 0 Å². The smallest absolute Gasteiger partial charge is 0.234 e. The van der Waals surface area contributed by atoms with E-state index >= 15 is 0 Å². The van der Waals surface area contributed by atoms with E-state index in [1.165, 1.54) is 11.3 Å². The van der Waals surface area contributed by atoms with Crippen LogP contribution in [0.4, 0.5) is 5.69 Å². The molecular formula is C25H33N3O3. The van der Waals surface area contributed by atoms with Crippen LogP contribution in [0, 0.1) is 12.8 Å². The van der Waals surface area contributed by atoms with Crippen LogP contribution in [0.5, 0.6) is 11.5 Å². The third-order valence-corrected chi connectivity index (χ3v) is 6.10. The lowest BCUT2D eigenvalue weighted by Gasteiger charge is -2.36. The van der Waals surface area contributed by atoms with E-state index in [0.717, 1.165) is 43.2 Å². The molecule has 1 fully saturated rings. The number of para-hydroxylation sites is 1. The molecule has 2 heterocycles. The van der Waals surface area contributed by atoms with Crippen molar-refractivity contribution < 1.29 is 14.3 Å². The van der Waals surface area contributed by atoms with Gasteiger partial charge in [0.05, 0.1) is 12.6 Å². The molecule has 1 atom stereocenters. The first-order chi connectivity index (χ1) is 15.0. The quantitative estimate of drug-likeness (QED) is 0.772. The van der Waals surface area contributed by atoms with Crippen molar-refractivity contribution in [3.8, 4) is 11.5 Å². The molecule has 0 unspecified atom stereocenters. The molecular weight excluding hydrogens is 390 g/mol. The second-order valence-electron chi connectivity index (χ2n) is 8.74.